The molecule has 0 saturated heterocycles. The summed E-state index contributed by atoms with van der Waals surface area (Å²) in [6.45, 7) is 3.56. The summed E-state index contributed by atoms with van der Waals surface area (Å²) in [5.74, 6) is 5.95. The van der Waals surface area contributed by atoms with Crippen molar-refractivity contribution in [2.24, 2.45) is 5.73 Å². The van der Waals surface area contributed by atoms with E-state index in [0.717, 1.165) is 25.1 Å². The third-order valence-corrected chi connectivity index (χ3v) is 1.54. The average molecular weight is 178 g/mol. The molecule has 0 amide bonds. The summed E-state index contributed by atoms with van der Waals surface area (Å²) in [4.78, 5) is 0. The second-order valence-corrected chi connectivity index (χ2v) is 2.68. The van der Waals surface area contributed by atoms with Crippen LogP contribution in [0.5, 0.6) is 0 Å². The van der Waals surface area contributed by atoms with Gasteiger partial charge in [-0.3, -0.25) is 0 Å². The van der Waals surface area contributed by atoms with Crippen molar-refractivity contribution in [3.05, 3.63) is 11.9 Å². The third kappa shape index (κ3) is 2.88. The number of nitrogens with two attached hydrogens (primary N) is 1. The molecule has 0 unspecified atom stereocenters. The summed E-state index contributed by atoms with van der Waals surface area (Å²) in [7, 11) is 0. The van der Waals surface area contributed by atoms with Gasteiger partial charge in [0.15, 0.2) is 0 Å². The lowest BCUT2D eigenvalue weighted by Crippen LogP contribution is -2.02. The maximum Gasteiger partial charge on any atom is 0.131 e. The summed E-state index contributed by atoms with van der Waals surface area (Å²) in [6, 6.07) is 0. The SMILES string of the molecule is CCCn1nncc1C#CCCN. The first-order valence-corrected chi connectivity index (χ1v) is 4.46. The molecule has 70 valence electrons. The molecular formula is C9H14N4. The molecule has 4 nitrogen and oxygen atoms in total. The molecule has 0 aliphatic rings. The Bertz CT molecular complexity index is 305. The van der Waals surface area contributed by atoms with E-state index in [-0.39, 0.29) is 0 Å². The van der Waals surface area contributed by atoms with E-state index in [9.17, 15) is 0 Å². The number of aromatic nitrogens is 3. The van der Waals surface area contributed by atoms with Gasteiger partial charge in [-0.1, -0.05) is 18.1 Å². The van der Waals surface area contributed by atoms with Crippen molar-refractivity contribution in [3.8, 4) is 11.8 Å². The Labute approximate surface area is 78.1 Å². The molecular weight excluding hydrogens is 164 g/mol. The number of aryl methyl sites for hydroxylation is 1. The second-order valence-electron chi connectivity index (χ2n) is 2.68. The van der Waals surface area contributed by atoms with E-state index in [0.29, 0.717) is 6.54 Å². The highest BCUT2D eigenvalue weighted by Gasteiger charge is 1.97. The Kier molecular flexibility index (Phi) is 4.00. The van der Waals surface area contributed by atoms with Crippen molar-refractivity contribution >= 4 is 0 Å². The standard InChI is InChI=1S/C9H14N4/c1-2-7-13-9(8-11-12-13)5-3-4-6-10/h8H,2,4,6-7,10H2,1H3. The van der Waals surface area contributed by atoms with Crippen LogP contribution >= 0.6 is 0 Å². The molecule has 0 aromatic carbocycles. The molecule has 0 saturated carbocycles. The molecule has 0 spiro atoms. The van der Waals surface area contributed by atoms with Crippen LogP contribution < -0.4 is 5.73 Å². The Balaban J connectivity index is 2.66. The van der Waals surface area contributed by atoms with Crippen LogP contribution in [-0.2, 0) is 6.54 Å². The molecule has 0 atom stereocenters. The fraction of sp³-hybridized carbons (Fsp3) is 0.556. The lowest BCUT2D eigenvalue weighted by Gasteiger charge is -1.96. The molecule has 0 radical (unpaired) electrons. The van der Waals surface area contributed by atoms with Crippen LogP contribution in [0.1, 0.15) is 25.5 Å². The van der Waals surface area contributed by atoms with Crippen LogP contribution in [0, 0.1) is 11.8 Å². The average Bonchev–Trinajstić information content (AvgIpc) is 2.54. The van der Waals surface area contributed by atoms with E-state index < -0.39 is 0 Å². The maximum absolute atomic E-state index is 5.32. The van der Waals surface area contributed by atoms with Gasteiger partial charge in [0.25, 0.3) is 0 Å². The Hall–Kier alpha value is -1.34. The van der Waals surface area contributed by atoms with Crippen LogP contribution in [0.4, 0.5) is 0 Å². The Morgan fingerprint density at radius 3 is 3.15 bits per heavy atom. The van der Waals surface area contributed by atoms with Crippen LogP contribution in [0.2, 0.25) is 0 Å². The summed E-state index contributed by atoms with van der Waals surface area (Å²) < 4.78 is 1.81. The summed E-state index contributed by atoms with van der Waals surface area (Å²) in [6.07, 6.45) is 3.44. The summed E-state index contributed by atoms with van der Waals surface area (Å²) in [5.41, 5.74) is 6.19. The molecule has 2 N–H and O–H groups in total. The molecule has 1 aromatic rings. The van der Waals surface area contributed by atoms with Crippen LogP contribution in [0.3, 0.4) is 0 Å². The molecule has 0 bridgehead atoms. The number of rotatable bonds is 3. The van der Waals surface area contributed by atoms with E-state index in [1.54, 1.807) is 6.20 Å². The molecule has 0 fully saturated rings. The van der Waals surface area contributed by atoms with Gasteiger partial charge in [0.2, 0.25) is 0 Å². The largest absolute Gasteiger partial charge is 0.330 e. The molecule has 1 rings (SSSR count). The summed E-state index contributed by atoms with van der Waals surface area (Å²) in [5, 5.41) is 7.72. The molecule has 13 heavy (non-hydrogen) atoms. The van der Waals surface area contributed by atoms with Crippen LogP contribution in [-0.4, -0.2) is 21.5 Å². The van der Waals surface area contributed by atoms with E-state index in [4.69, 9.17) is 5.73 Å². The van der Waals surface area contributed by atoms with Crippen LogP contribution in [0.25, 0.3) is 0 Å². The van der Waals surface area contributed by atoms with Crippen molar-refractivity contribution < 1.29 is 0 Å². The first-order valence-electron chi connectivity index (χ1n) is 4.46. The van der Waals surface area contributed by atoms with E-state index in [1.807, 2.05) is 4.68 Å². The number of hydrogen-bond donors (Lipinski definition) is 1. The van der Waals surface area contributed by atoms with Gasteiger partial charge in [-0.15, -0.1) is 5.10 Å². The van der Waals surface area contributed by atoms with E-state index in [1.165, 1.54) is 0 Å². The van der Waals surface area contributed by atoms with Gasteiger partial charge in [-0.05, 0) is 12.3 Å². The molecule has 0 aliphatic heterocycles. The zero-order valence-electron chi connectivity index (χ0n) is 7.82. The maximum atomic E-state index is 5.32. The Morgan fingerprint density at radius 2 is 2.46 bits per heavy atom. The molecule has 1 heterocycles. The highest BCUT2D eigenvalue weighted by Crippen LogP contribution is 1.95. The van der Waals surface area contributed by atoms with E-state index in [2.05, 4.69) is 29.1 Å². The smallest absolute Gasteiger partial charge is 0.131 e. The lowest BCUT2D eigenvalue weighted by molar-refractivity contribution is 0.574. The van der Waals surface area contributed by atoms with Gasteiger partial charge in [-0.25, -0.2) is 4.68 Å². The molecule has 4 heteroatoms. The fourth-order valence-corrected chi connectivity index (χ4v) is 0.957. The van der Waals surface area contributed by atoms with Crippen molar-refractivity contribution in [1.29, 1.82) is 0 Å². The first kappa shape index (κ1) is 9.75. The van der Waals surface area contributed by atoms with Gasteiger partial charge in [0, 0.05) is 19.5 Å². The lowest BCUT2D eigenvalue weighted by atomic mass is 10.4. The zero-order valence-corrected chi connectivity index (χ0v) is 7.82. The van der Waals surface area contributed by atoms with Crippen molar-refractivity contribution in [2.75, 3.05) is 6.54 Å². The zero-order chi connectivity index (χ0) is 9.52. The minimum Gasteiger partial charge on any atom is -0.330 e. The van der Waals surface area contributed by atoms with Gasteiger partial charge in [0.1, 0.15) is 5.69 Å². The van der Waals surface area contributed by atoms with Gasteiger partial charge < -0.3 is 5.73 Å². The van der Waals surface area contributed by atoms with Crippen molar-refractivity contribution in [1.82, 2.24) is 15.0 Å². The van der Waals surface area contributed by atoms with Crippen LogP contribution in [0.15, 0.2) is 6.20 Å². The predicted molar refractivity (Wildman–Crippen MR) is 50.9 cm³/mol. The Morgan fingerprint density at radius 1 is 1.62 bits per heavy atom. The summed E-state index contributed by atoms with van der Waals surface area (Å²) >= 11 is 0. The highest BCUT2D eigenvalue weighted by atomic mass is 15.4. The van der Waals surface area contributed by atoms with Crippen molar-refractivity contribution in [2.45, 2.75) is 26.3 Å². The topological polar surface area (TPSA) is 56.7 Å². The van der Waals surface area contributed by atoms with Gasteiger partial charge >= 0.3 is 0 Å². The van der Waals surface area contributed by atoms with Gasteiger partial charge in [0.05, 0.1) is 6.20 Å². The normalized spacial score (nSPS) is 9.38. The first-order chi connectivity index (χ1) is 6.38. The number of nitrogens with zero attached hydrogens (tertiary/aromatic N) is 3. The third-order valence-electron chi connectivity index (χ3n) is 1.54. The molecule has 0 aliphatic carbocycles. The number of hydrogen-bond acceptors (Lipinski definition) is 3. The second kappa shape index (κ2) is 5.33. The monoisotopic (exact) mass is 178 g/mol. The minimum absolute atomic E-state index is 0.600. The quantitative estimate of drug-likeness (QED) is 0.681. The molecule has 1 aromatic heterocycles. The van der Waals surface area contributed by atoms with Gasteiger partial charge in [-0.2, -0.15) is 0 Å². The predicted octanol–water partition coefficient (Wildman–Crippen LogP) is 0.388. The minimum atomic E-state index is 0.600. The highest BCUT2D eigenvalue weighted by molar-refractivity contribution is 5.24. The van der Waals surface area contributed by atoms with E-state index >= 15 is 0 Å². The fourth-order valence-electron chi connectivity index (χ4n) is 0.957. The van der Waals surface area contributed by atoms with Crippen molar-refractivity contribution in [3.63, 3.8) is 0 Å².